The molecule has 0 aliphatic rings. The maximum absolute atomic E-state index is 13.1. The van der Waals surface area contributed by atoms with E-state index in [1.165, 1.54) is 18.2 Å². The van der Waals surface area contributed by atoms with E-state index in [9.17, 15) is 4.39 Å². The van der Waals surface area contributed by atoms with Gasteiger partial charge in [-0.05, 0) is 23.4 Å². The number of benzene rings is 1. The van der Waals surface area contributed by atoms with Crippen LogP contribution in [0.15, 0.2) is 32.8 Å². The maximum atomic E-state index is 13.1. The molecule has 110 valence electrons. The third-order valence-corrected chi connectivity index (χ3v) is 2.65. The molecule has 0 aliphatic heterocycles. The van der Waals surface area contributed by atoms with Crippen LogP contribution in [0.4, 0.5) is 10.1 Å². The fourth-order valence-corrected chi connectivity index (χ4v) is 1.59. The number of rotatable bonds is 4. The van der Waals surface area contributed by atoms with E-state index < -0.39 is 5.82 Å². The van der Waals surface area contributed by atoms with Gasteiger partial charge in [-0.1, -0.05) is 16.8 Å². The normalized spacial score (nSPS) is 11.4. The summed E-state index contributed by atoms with van der Waals surface area (Å²) in [6.07, 6.45) is 0. The zero-order chi connectivity index (χ0) is 15.4. The Morgan fingerprint density at radius 2 is 2.05 bits per heavy atom. The third kappa shape index (κ3) is 3.66. The molecule has 0 fully saturated rings. The zero-order valence-corrected chi connectivity index (χ0v) is 11.4. The highest BCUT2D eigenvalue weighted by molar-refractivity contribution is 6.31. The number of amidine groups is 1. The fourth-order valence-electron chi connectivity index (χ4n) is 1.42. The molecule has 0 saturated carbocycles. The van der Waals surface area contributed by atoms with Crippen LogP contribution < -0.4 is 17.2 Å². The Hall–Kier alpha value is -2.68. The highest BCUT2D eigenvalue weighted by Gasteiger charge is 2.14. The molecule has 0 amide bonds. The first-order chi connectivity index (χ1) is 9.97. The van der Waals surface area contributed by atoms with Gasteiger partial charge in [-0.15, -0.1) is 0 Å². The van der Waals surface area contributed by atoms with Gasteiger partial charge in [0.2, 0.25) is 0 Å². The summed E-state index contributed by atoms with van der Waals surface area (Å²) in [5.41, 5.74) is 17.1. The molecule has 0 aliphatic carbocycles. The first-order valence-electron chi connectivity index (χ1n) is 5.63. The lowest BCUT2D eigenvalue weighted by Gasteiger charge is -2.00. The van der Waals surface area contributed by atoms with Crippen molar-refractivity contribution in [3.05, 3.63) is 40.4 Å². The molecule has 0 atom stereocenters. The van der Waals surface area contributed by atoms with Crippen LogP contribution in [0.1, 0.15) is 11.4 Å². The van der Waals surface area contributed by atoms with Crippen molar-refractivity contribution < 1.29 is 9.02 Å². The summed E-state index contributed by atoms with van der Waals surface area (Å²) in [6, 6.07) is 3.92. The van der Waals surface area contributed by atoms with Crippen LogP contribution in [0.25, 0.3) is 0 Å². The lowest BCUT2D eigenvalue weighted by molar-refractivity contribution is 0.302. The average Bonchev–Trinajstić information content (AvgIpc) is 2.89. The second-order valence-electron chi connectivity index (χ2n) is 3.90. The van der Waals surface area contributed by atoms with E-state index in [2.05, 4.69) is 24.9 Å². The Balaban J connectivity index is 2.29. The summed E-state index contributed by atoms with van der Waals surface area (Å²) in [5.74, 6) is -0.643. The molecule has 2 rings (SSSR count). The highest BCUT2D eigenvalue weighted by Crippen LogP contribution is 2.22. The molecule has 8 nitrogen and oxygen atoms in total. The van der Waals surface area contributed by atoms with Gasteiger partial charge < -0.3 is 17.2 Å². The third-order valence-electron chi connectivity index (χ3n) is 2.36. The fraction of sp³-hybridized carbons (Fsp3) is 0.0909. The Kier molecular flexibility index (Phi) is 4.33. The van der Waals surface area contributed by atoms with E-state index in [0.717, 1.165) is 0 Å². The minimum absolute atomic E-state index is 0.0136. The molecule has 21 heavy (non-hydrogen) atoms. The molecular weight excluding hydrogens is 301 g/mol. The number of hydrogen-bond acceptors (Lipinski definition) is 5. The van der Waals surface area contributed by atoms with Crippen molar-refractivity contribution in [2.75, 3.05) is 0 Å². The van der Waals surface area contributed by atoms with Crippen LogP contribution in [0, 0.1) is 5.82 Å². The molecule has 6 N–H and O–H groups in total. The van der Waals surface area contributed by atoms with Gasteiger partial charge in [-0.2, -0.15) is 0 Å². The molecule has 10 heteroatoms. The molecule has 0 saturated heterocycles. The van der Waals surface area contributed by atoms with Crippen LogP contribution in [-0.2, 0) is 6.54 Å². The summed E-state index contributed by atoms with van der Waals surface area (Å²) in [7, 11) is 0. The summed E-state index contributed by atoms with van der Waals surface area (Å²) in [5, 5.41) is 7.20. The lowest BCUT2D eigenvalue weighted by Crippen LogP contribution is -2.23. The molecule has 1 heterocycles. The van der Waals surface area contributed by atoms with Crippen molar-refractivity contribution in [2.45, 2.75) is 6.54 Å². The molecule has 0 spiro atoms. The summed E-state index contributed by atoms with van der Waals surface area (Å²) < 4.78 is 17.6. The summed E-state index contributed by atoms with van der Waals surface area (Å²) in [6.45, 7) is 0.0432. The van der Waals surface area contributed by atoms with Gasteiger partial charge in [0.1, 0.15) is 11.5 Å². The number of aliphatic imine (C=N–C) groups is 2. The van der Waals surface area contributed by atoms with Crippen LogP contribution in [0.5, 0.6) is 0 Å². The lowest BCUT2D eigenvalue weighted by atomic mass is 10.3. The second kappa shape index (κ2) is 6.18. The molecule has 0 unspecified atom stereocenters. The predicted molar refractivity (Wildman–Crippen MR) is 75.6 cm³/mol. The number of aromatic nitrogens is 2. The number of nitrogens with zero attached hydrogens (tertiary/aromatic N) is 4. The Morgan fingerprint density at radius 1 is 1.29 bits per heavy atom. The van der Waals surface area contributed by atoms with Gasteiger partial charge in [-0.3, -0.25) is 0 Å². The molecule has 0 bridgehead atoms. The van der Waals surface area contributed by atoms with Crippen LogP contribution in [0.2, 0.25) is 5.02 Å². The molecule has 1 aromatic heterocycles. The topological polar surface area (TPSA) is 142 Å². The van der Waals surface area contributed by atoms with Crippen LogP contribution in [-0.4, -0.2) is 22.1 Å². The van der Waals surface area contributed by atoms with Crippen LogP contribution >= 0.6 is 11.6 Å². The molecule has 0 radical (unpaired) electrons. The quantitative estimate of drug-likeness (QED) is 0.559. The average molecular weight is 312 g/mol. The molecule has 2 aromatic rings. The standard InChI is InChI=1S/C11H11ClFN7O/c12-6-3-5(1-2-7(6)13)18-10(14)9-8(19-21-20-9)4-17-11(15)16/h1-3H,4H2,(H2,14,18)(H4,15,16,17). The van der Waals surface area contributed by atoms with Crippen molar-refractivity contribution in [3.8, 4) is 0 Å². The van der Waals surface area contributed by atoms with Crippen molar-refractivity contribution in [1.29, 1.82) is 0 Å². The first kappa shape index (κ1) is 14.7. The SMILES string of the molecule is NC(N)=NCc1nonc1C(N)=Nc1ccc(F)c(Cl)c1. The minimum atomic E-state index is -0.550. The number of nitrogens with two attached hydrogens (primary N) is 3. The van der Waals surface area contributed by atoms with Crippen molar-refractivity contribution in [3.63, 3.8) is 0 Å². The van der Waals surface area contributed by atoms with Gasteiger partial charge in [-0.25, -0.2) is 19.0 Å². The van der Waals surface area contributed by atoms with Gasteiger partial charge in [0.25, 0.3) is 0 Å². The van der Waals surface area contributed by atoms with Gasteiger partial charge in [0.15, 0.2) is 17.5 Å². The van der Waals surface area contributed by atoms with Gasteiger partial charge in [0, 0.05) is 0 Å². The van der Waals surface area contributed by atoms with Gasteiger partial charge in [0.05, 0.1) is 17.3 Å². The number of guanidine groups is 1. The maximum Gasteiger partial charge on any atom is 0.186 e. The van der Waals surface area contributed by atoms with Crippen molar-refractivity contribution in [1.82, 2.24) is 10.3 Å². The van der Waals surface area contributed by atoms with Crippen molar-refractivity contribution in [2.24, 2.45) is 27.2 Å². The smallest absolute Gasteiger partial charge is 0.186 e. The Morgan fingerprint density at radius 3 is 2.71 bits per heavy atom. The zero-order valence-electron chi connectivity index (χ0n) is 10.6. The molecule has 1 aromatic carbocycles. The second-order valence-corrected chi connectivity index (χ2v) is 4.30. The van der Waals surface area contributed by atoms with Gasteiger partial charge >= 0.3 is 0 Å². The minimum Gasteiger partial charge on any atom is -0.382 e. The van der Waals surface area contributed by atoms with Crippen molar-refractivity contribution >= 4 is 29.1 Å². The van der Waals surface area contributed by atoms with E-state index in [0.29, 0.717) is 11.4 Å². The van der Waals surface area contributed by atoms with E-state index in [1.54, 1.807) is 0 Å². The van der Waals surface area contributed by atoms with E-state index in [-0.39, 0.29) is 29.1 Å². The van der Waals surface area contributed by atoms with E-state index in [4.69, 9.17) is 28.8 Å². The molecular formula is C11H11ClFN7O. The summed E-state index contributed by atoms with van der Waals surface area (Å²) in [4.78, 5) is 7.83. The Labute approximate surface area is 123 Å². The highest BCUT2D eigenvalue weighted by atomic mass is 35.5. The largest absolute Gasteiger partial charge is 0.382 e. The predicted octanol–water partition coefficient (Wildman–Crippen LogP) is 0.673. The van der Waals surface area contributed by atoms with Crippen LogP contribution in [0.3, 0.4) is 0 Å². The Bertz CT molecular complexity index is 708. The van der Waals surface area contributed by atoms with E-state index >= 15 is 0 Å². The number of halogens is 2. The number of hydrogen-bond donors (Lipinski definition) is 3. The monoisotopic (exact) mass is 311 g/mol. The summed E-state index contributed by atoms with van der Waals surface area (Å²) >= 11 is 5.66. The first-order valence-corrected chi connectivity index (χ1v) is 6.01. The van der Waals surface area contributed by atoms with E-state index in [1.807, 2.05) is 0 Å².